The molecule has 2 aliphatic rings. The molecule has 0 amide bonds. The van der Waals surface area contributed by atoms with Gasteiger partial charge in [0.15, 0.2) is 0 Å². The number of benzene rings is 1. The molecular weight excluding hydrogens is 448 g/mol. The van der Waals surface area contributed by atoms with Crippen LogP contribution < -0.4 is 0 Å². The van der Waals surface area contributed by atoms with E-state index in [1.165, 1.54) is 10.4 Å². The van der Waals surface area contributed by atoms with Crippen LogP contribution >= 0.6 is 0 Å². The average Bonchev–Trinajstić information content (AvgIpc) is 3.21. The summed E-state index contributed by atoms with van der Waals surface area (Å²) < 4.78 is 81.4. The van der Waals surface area contributed by atoms with E-state index in [0.29, 0.717) is 36.5 Å². The zero-order valence-corrected chi connectivity index (χ0v) is 17.4. The van der Waals surface area contributed by atoms with E-state index in [-0.39, 0.29) is 16.6 Å². The number of pyridine rings is 1. The molecule has 1 N–H and O–H groups in total. The number of hydrogen-bond acceptors (Lipinski definition) is 4. The molecule has 3 aromatic rings. The Hall–Kier alpha value is -2.79. The molecule has 4 heterocycles. The van der Waals surface area contributed by atoms with Gasteiger partial charge in [-0.1, -0.05) is 18.2 Å². The Balaban J connectivity index is 1.54. The standard InChI is InChI=1S/C21H18F4N4O2S/c22-17-4-2-1-3-15(17)12-7-13-9-18-16(11-27-28-18)19(8-12)29(13)32(30,31)14-5-6-20(26-10-14)21(23,24)25/h1-6,10-13,19H,7-9H2,(H,27,28)/t12?,13-,19+/m1/s1. The Morgan fingerprint density at radius 1 is 1.03 bits per heavy atom. The van der Waals surface area contributed by atoms with E-state index in [1.54, 1.807) is 24.4 Å². The summed E-state index contributed by atoms with van der Waals surface area (Å²) in [5.41, 5.74) is 0.893. The molecule has 2 aromatic heterocycles. The molecule has 2 aliphatic heterocycles. The van der Waals surface area contributed by atoms with E-state index in [2.05, 4.69) is 15.2 Å². The van der Waals surface area contributed by atoms with Crippen molar-refractivity contribution in [2.75, 3.05) is 0 Å². The van der Waals surface area contributed by atoms with Gasteiger partial charge >= 0.3 is 6.18 Å². The lowest BCUT2D eigenvalue weighted by Gasteiger charge is -2.47. The summed E-state index contributed by atoms with van der Waals surface area (Å²) >= 11 is 0. The minimum Gasteiger partial charge on any atom is -0.282 e. The van der Waals surface area contributed by atoms with Crippen LogP contribution in [0, 0.1) is 5.82 Å². The minimum atomic E-state index is -4.66. The van der Waals surface area contributed by atoms with Crippen LogP contribution in [0.3, 0.4) is 0 Å². The number of aromatic amines is 1. The van der Waals surface area contributed by atoms with Gasteiger partial charge in [0.1, 0.15) is 16.4 Å². The number of alkyl halides is 3. The first kappa shape index (κ1) is 21.1. The summed E-state index contributed by atoms with van der Waals surface area (Å²) in [7, 11) is -4.15. The molecule has 11 heteroatoms. The molecule has 0 spiro atoms. The molecular formula is C21H18F4N4O2S. The van der Waals surface area contributed by atoms with Gasteiger partial charge in [-0.3, -0.25) is 10.1 Å². The van der Waals surface area contributed by atoms with Gasteiger partial charge in [-0.25, -0.2) is 12.8 Å². The number of fused-ring (bicyclic) bond motifs is 4. The Morgan fingerprint density at radius 3 is 2.50 bits per heavy atom. The minimum absolute atomic E-state index is 0.202. The smallest absolute Gasteiger partial charge is 0.282 e. The van der Waals surface area contributed by atoms with Gasteiger partial charge < -0.3 is 0 Å². The second-order valence-corrected chi connectivity index (χ2v) is 9.92. The van der Waals surface area contributed by atoms with Crippen molar-refractivity contribution in [3.63, 3.8) is 0 Å². The fourth-order valence-corrected chi connectivity index (χ4v) is 6.61. The summed E-state index contributed by atoms with van der Waals surface area (Å²) in [5.74, 6) is -0.544. The highest BCUT2D eigenvalue weighted by Gasteiger charge is 2.48. The molecule has 0 radical (unpaired) electrons. The second-order valence-electron chi connectivity index (χ2n) is 8.08. The van der Waals surface area contributed by atoms with Gasteiger partial charge in [-0.05, 0) is 42.5 Å². The highest BCUT2D eigenvalue weighted by molar-refractivity contribution is 7.89. The highest BCUT2D eigenvalue weighted by atomic mass is 32.2. The average molecular weight is 466 g/mol. The maximum absolute atomic E-state index is 14.5. The second kappa shape index (κ2) is 7.38. The van der Waals surface area contributed by atoms with Crippen LogP contribution in [0.2, 0.25) is 0 Å². The van der Waals surface area contributed by atoms with E-state index < -0.39 is 34.0 Å². The van der Waals surface area contributed by atoms with E-state index in [1.807, 2.05) is 0 Å². The van der Waals surface area contributed by atoms with Crippen LogP contribution in [0.4, 0.5) is 17.6 Å². The Kier molecular flexibility index (Phi) is 4.86. The maximum atomic E-state index is 14.5. The van der Waals surface area contributed by atoms with E-state index in [9.17, 15) is 26.0 Å². The third-order valence-electron chi connectivity index (χ3n) is 6.23. The Morgan fingerprint density at radius 2 is 1.81 bits per heavy atom. The topological polar surface area (TPSA) is 79.0 Å². The first-order valence-electron chi connectivity index (χ1n) is 9.99. The molecule has 32 heavy (non-hydrogen) atoms. The van der Waals surface area contributed by atoms with Crippen molar-refractivity contribution >= 4 is 10.0 Å². The zero-order valence-electron chi connectivity index (χ0n) is 16.6. The number of rotatable bonds is 3. The lowest BCUT2D eigenvalue weighted by atomic mass is 9.76. The number of aromatic nitrogens is 3. The van der Waals surface area contributed by atoms with E-state index in [4.69, 9.17) is 0 Å². The largest absolute Gasteiger partial charge is 0.433 e. The van der Waals surface area contributed by atoms with Gasteiger partial charge in [0.05, 0.1) is 12.2 Å². The summed E-state index contributed by atoms with van der Waals surface area (Å²) in [6, 6.07) is 6.91. The van der Waals surface area contributed by atoms with Crippen molar-refractivity contribution in [1.82, 2.24) is 19.5 Å². The molecule has 1 saturated heterocycles. The molecule has 6 nitrogen and oxygen atoms in total. The highest BCUT2D eigenvalue weighted by Crippen LogP contribution is 2.49. The van der Waals surface area contributed by atoms with Crippen LogP contribution in [0.5, 0.6) is 0 Å². The van der Waals surface area contributed by atoms with Crippen LogP contribution in [0.1, 0.15) is 47.3 Å². The molecule has 0 saturated carbocycles. The fourth-order valence-electron chi connectivity index (χ4n) is 4.85. The number of nitrogens with one attached hydrogen (secondary N) is 1. The maximum Gasteiger partial charge on any atom is 0.433 e. The van der Waals surface area contributed by atoms with Crippen LogP contribution in [0.15, 0.2) is 53.7 Å². The predicted molar refractivity (Wildman–Crippen MR) is 105 cm³/mol. The van der Waals surface area contributed by atoms with Crippen molar-refractivity contribution in [2.24, 2.45) is 0 Å². The van der Waals surface area contributed by atoms with Crippen molar-refractivity contribution in [3.05, 3.63) is 77.1 Å². The zero-order chi connectivity index (χ0) is 22.7. The SMILES string of the molecule is O=S(=O)(c1ccc(C(F)(F)F)nc1)N1[C@H]2Cc3[nH]ncc3[C@@H]1CC(c1ccccc1F)C2. The van der Waals surface area contributed by atoms with Crippen molar-refractivity contribution in [3.8, 4) is 0 Å². The molecule has 2 bridgehead atoms. The van der Waals surface area contributed by atoms with Crippen LogP contribution in [-0.4, -0.2) is 33.9 Å². The number of halogens is 4. The summed E-state index contributed by atoms with van der Waals surface area (Å²) in [5, 5.41) is 6.95. The summed E-state index contributed by atoms with van der Waals surface area (Å²) in [6.07, 6.45) is -1.30. The van der Waals surface area contributed by atoms with Gasteiger partial charge in [0, 0.05) is 29.9 Å². The van der Waals surface area contributed by atoms with Crippen LogP contribution in [-0.2, 0) is 22.6 Å². The first-order chi connectivity index (χ1) is 15.2. The number of hydrogen-bond donors (Lipinski definition) is 1. The Bertz CT molecular complexity index is 1260. The third-order valence-corrected chi connectivity index (χ3v) is 8.17. The van der Waals surface area contributed by atoms with Gasteiger partial charge in [0.25, 0.3) is 0 Å². The Labute approximate surface area is 181 Å². The summed E-state index contributed by atoms with van der Waals surface area (Å²) in [6.45, 7) is 0. The molecule has 168 valence electrons. The number of piperidine rings is 1. The fraction of sp³-hybridized carbons (Fsp3) is 0.333. The molecule has 3 atom stereocenters. The lowest BCUT2D eigenvalue weighted by molar-refractivity contribution is -0.141. The van der Waals surface area contributed by atoms with Crippen molar-refractivity contribution in [2.45, 2.75) is 48.3 Å². The van der Waals surface area contributed by atoms with Crippen molar-refractivity contribution < 1.29 is 26.0 Å². The van der Waals surface area contributed by atoms with E-state index in [0.717, 1.165) is 18.0 Å². The van der Waals surface area contributed by atoms with Gasteiger partial charge in [-0.15, -0.1) is 0 Å². The van der Waals surface area contributed by atoms with Crippen molar-refractivity contribution in [1.29, 1.82) is 0 Å². The molecule has 1 fully saturated rings. The van der Waals surface area contributed by atoms with Gasteiger partial charge in [0.2, 0.25) is 10.0 Å². The first-order valence-corrected chi connectivity index (χ1v) is 11.4. The van der Waals surface area contributed by atoms with Crippen LogP contribution in [0.25, 0.3) is 0 Å². The lowest BCUT2D eigenvalue weighted by Crippen LogP contribution is -2.51. The number of nitrogens with zero attached hydrogens (tertiary/aromatic N) is 3. The molecule has 5 rings (SSSR count). The third kappa shape index (κ3) is 3.39. The molecule has 1 unspecified atom stereocenters. The summed E-state index contributed by atoms with van der Waals surface area (Å²) in [4.78, 5) is 3.01. The number of H-pyrrole nitrogens is 1. The number of sulfonamides is 1. The molecule has 0 aliphatic carbocycles. The monoisotopic (exact) mass is 466 g/mol. The van der Waals surface area contributed by atoms with Gasteiger partial charge in [-0.2, -0.15) is 22.6 Å². The van der Waals surface area contributed by atoms with E-state index >= 15 is 0 Å². The normalized spacial score (nSPS) is 23.7. The quantitative estimate of drug-likeness (QED) is 0.587. The predicted octanol–water partition coefficient (Wildman–Crippen LogP) is 4.20. The molecule has 1 aromatic carbocycles.